The van der Waals surface area contributed by atoms with Gasteiger partial charge in [0.25, 0.3) is 5.91 Å². The van der Waals surface area contributed by atoms with Crippen LogP contribution in [-0.4, -0.2) is 24.7 Å². The second-order valence-corrected chi connectivity index (χ2v) is 8.63. The molecule has 0 fully saturated rings. The number of ether oxygens (including phenoxy) is 2. The molecule has 0 saturated heterocycles. The van der Waals surface area contributed by atoms with Crippen molar-refractivity contribution < 1.29 is 19.1 Å². The molecule has 0 bridgehead atoms. The Morgan fingerprint density at radius 3 is 2.56 bits per heavy atom. The predicted molar refractivity (Wildman–Crippen MR) is 137 cm³/mol. The van der Waals surface area contributed by atoms with Crippen LogP contribution in [0.25, 0.3) is 0 Å². The quantitative estimate of drug-likeness (QED) is 0.157. The second kappa shape index (κ2) is 12.7. The lowest BCUT2D eigenvalue weighted by Crippen LogP contribution is -2.24. The van der Waals surface area contributed by atoms with Gasteiger partial charge in [0.15, 0.2) is 6.61 Å². The van der Waals surface area contributed by atoms with E-state index in [9.17, 15) is 9.59 Å². The summed E-state index contributed by atoms with van der Waals surface area (Å²) in [6, 6.07) is 20.1. The van der Waals surface area contributed by atoms with E-state index in [1.807, 2.05) is 43.3 Å². The molecule has 3 aromatic rings. The number of esters is 1. The minimum Gasteiger partial charge on any atom is -0.484 e. The van der Waals surface area contributed by atoms with Crippen molar-refractivity contribution in [1.29, 1.82) is 0 Å². The third-order valence-electron chi connectivity index (χ3n) is 5.04. The number of aryl methyl sites for hydroxylation is 2. The molecule has 3 rings (SSSR count). The van der Waals surface area contributed by atoms with Gasteiger partial charge in [0.1, 0.15) is 11.5 Å². The first-order chi connectivity index (χ1) is 16.5. The Hall–Kier alpha value is -3.45. The fourth-order valence-electron chi connectivity index (χ4n) is 3.16. The van der Waals surface area contributed by atoms with E-state index < -0.39 is 11.9 Å². The molecule has 1 N–H and O–H groups in total. The summed E-state index contributed by atoms with van der Waals surface area (Å²) in [7, 11) is 0. The van der Waals surface area contributed by atoms with Crippen LogP contribution in [0.5, 0.6) is 11.5 Å². The third-order valence-corrected chi connectivity index (χ3v) is 5.54. The number of benzene rings is 3. The fourth-order valence-corrected chi connectivity index (χ4v) is 3.54. The number of hydrazone groups is 1. The molecular weight excluding hydrogens is 496 g/mol. The molecule has 0 spiro atoms. The van der Waals surface area contributed by atoms with Crippen LogP contribution in [-0.2, 0) is 11.2 Å². The standard InChI is InChI=1S/C27H27BrN2O4/c1-3-4-8-20-10-13-23(14-11-20)33-18-26(31)30-29-17-21-16-22(28)12-15-25(21)34-27(32)24-9-6-5-7-19(24)2/h5-7,9-17H,3-4,8,18H2,1-2H3,(H,30,31)/b29-17-. The lowest BCUT2D eigenvalue weighted by atomic mass is 10.1. The van der Waals surface area contributed by atoms with Gasteiger partial charge < -0.3 is 9.47 Å². The van der Waals surface area contributed by atoms with E-state index in [-0.39, 0.29) is 6.61 Å². The van der Waals surface area contributed by atoms with Crippen molar-refractivity contribution in [2.45, 2.75) is 33.1 Å². The van der Waals surface area contributed by atoms with Gasteiger partial charge in [-0.2, -0.15) is 5.10 Å². The Morgan fingerprint density at radius 1 is 1.06 bits per heavy atom. The first-order valence-corrected chi connectivity index (χ1v) is 11.9. The van der Waals surface area contributed by atoms with Gasteiger partial charge in [-0.05, 0) is 67.3 Å². The van der Waals surface area contributed by atoms with Crippen LogP contribution < -0.4 is 14.9 Å². The van der Waals surface area contributed by atoms with Crippen molar-refractivity contribution in [3.05, 3.63) is 93.5 Å². The predicted octanol–water partition coefficient (Wildman–Crippen LogP) is 5.85. The van der Waals surface area contributed by atoms with Crippen molar-refractivity contribution in [2.24, 2.45) is 5.10 Å². The van der Waals surface area contributed by atoms with Crippen LogP contribution in [0.1, 0.15) is 46.8 Å². The van der Waals surface area contributed by atoms with Gasteiger partial charge in [-0.1, -0.05) is 59.6 Å². The first-order valence-electron chi connectivity index (χ1n) is 11.1. The van der Waals surface area contributed by atoms with E-state index >= 15 is 0 Å². The summed E-state index contributed by atoms with van der Waals surface area (Å²) >= 11 is 3.40. The number of halogens is 1. The fraction of sp³-hybridized carbons (Fsp3) is 0.222. The van der Waals surface area contributed by atoms with Crippen molar-refractivity contribution in [3.63, 3.8) is 0 Å². The van der Waals surface area contributed by atoms with Crippen molar-refractivity contribution in [1.82, 2.24) is 5.43 Å². The molecule has 0 atom stereocenters. The zero-order valence-corrected chi connectivity index (χ0v) is 20.8. The molecule has 0 radical (unpaired) electrons. The van der Waals surface area contributed by atoms with Crippen LogP contribution >= 0.6 is 15.9 Å². The Kier molecular flexibility index (Phi) is 9.40. The summed E-state index contributed by atoms with van der Waals surface area (Å²) in [6.07, 6.45) is 4.75. The summed E-state index contributed by atoms with van der Waals surface area (Å²) in [6.45, 7) is 3.84. The van der Waals surface area contributed by atoms with Gasteiger partial charge in [-0.15, -0.1) is 0 Å². The number of amides is 1. The summed E-state index contributed by atoms with van der Waals surface area (Å²) in [4.78, 5) is 24.7. The summed E-state index contributed by atoms with van der Waals surface area (Å²) in [5.74, 6) is 0.0821. The number of carbonyl (C=O) groups excluding carboxylic acids is 2. The Labute approximate surface area is 208 Å². The van der Waals surface area contributed by atoms with Crippen molar-refractivity contribution >= 4 is 34.0 Å². The van der Waals surface area contributed by atoms with Crippen LogP contribution in [0.4, 0.5) is 0 Å². The molecule has 0 aliphatic rings. The topological polar surface area (TPSA) is 77.0 Å². The lowest BCUT2D eigenvalue weighted by molar-refractivity contribution is -0.123. The van der Waals surface area contributed by atoms with E-state index in [0.29, 0.717) is 22.6 Å². The number of carbonyl (C=O) groups is 2. The number of hydrogen-bond donors (Lipinski definition) is 1. The van der Waals surface area contributed by atoms with Gasteiger partial charge >= 0.3 is 5.97 Å². The monoisotopic (exact) mass is 522 g/mol. The van der Waals surface area contributed by atoms with Gasteiger partial charge in [0.2, 0.25) is 0 Å². The summed E-state index contributed by atoms with van der Waals surface area (Å²) in [5, 5.41) is 3.98. The van der Waals surface area contributed by atoms with E-state index in [1.54, 1.807) is 30.3 Å². The number of hydrogen-bond acceptors (Lipinski definition) is 5. The highest BCUT2D eigenvalue weighted by Crippen LogP contribution is 2.23. The van der Waals surface area contributed by atoms with E-state index in [4.69, 9.17) is 9.47 Å². The highest BCUT2D eigenvalue weighted by Gasteiger charge is 2.13. The number of nitrogens with zero attached hydrogens (tertiary/aromatic N) is 1. The Balaban J connectivity index is 1.56. The molecule has 6 nitrogen and oxygen atoms in total. The Morgan fingerprint density at radius 2 is 1.82 bits per heavy atom. The van der Waals surface area contributed by atoms with Crippen LogP contribution in [0.15, 0.2) is 76.3 Å². The molecule has 0 aliphatic carbocycles. The summed E-state index contributed by atoms with van der Waals surface area (Å²) in [5.41, 5.74) is 5.51. The number of rotatable bonds is 10. The highest BCUT2D eigenvalue weighted by atomic mass is 79.9. The minimum absolute atomic E-state index is 0.167. The molecule has 0 heterocycles. The largest absolute Gasteiger partial charge is 0.484 e. The zero-order chi connectivity index (χ0) is 24.3. The van der Waals surface area contributed by atoms with E-state index in [2.05, 4.69) is 33.4 Å². The molecule has 7 heteroatoms. The molecule has 0 saturated carbocycles. The lowest BCUT2D eigenvalue weighted by Gasteiger charge is -2.09. The SMILES string of the molecule is CCCCc1ccc(OCC(=O)N/N=C\c2cc(Br)ccc2OC(=O)c2ccccc2C)cc1. The second-order valence-electron chi connectivity index (χ2n) is 7.72. The van der Waals surface area contributed by atoms with Gasteiger partial charge in [0, 0.05) is 10.0 Å². The average molecular weight is 523 g/mol. The molecule has 176 valence electrons. The molecule has 34 heavy (non-hydrogen) atoms. The smallest absolute Gasteiger partial charge is 0.343 e. The molecule has 1 amide bonds. The molecule has 0 unspecified atom stereocenters. The third kappa shape index (κ3) is 7.56. The molecular formula is C27H27BrN2O4. The van der Waals surface area contributed by atoms with Crippen molar-refractivity contribution in [2.75, 3.05) is 6.61 Å². The normalized spacial score (nSPS) is 10.8. The summed E-state index contributed by atoms with van der Waals surface area (Å²) < 4.78 is 11.9. The molecule has 0 aromatic heterocycles. The average Bonchev–Trinajstić information content (AvgIpc) is 2.84. The Bertz CT molecular complexity index is 1160. The zero-order valence-electron chi connectivity index (χ0n) is 19.2. The molecule has 3 aromatic carbocycles. The van der Waals surface area contributed by atoms with E-state index in [1.165, 1.54) is 11.8 Å². The van der Waals surface area contributed by atoms with Crippen LogP contribution in [0.3, 0.4) is 0 Å². The highest BCUT2D eigenvalue weighted by molar-refractivity contribution is 9.10. The van der Waals surface area contributed by atoms with E-state index in [0.717, 1.165) is 29.3 Å². The van der Waals surface area contributed by atoms with Gasteiger partial charge in [0.05, 0.1) is 11.8 Å². The maximum absolute atomic E-state index is 12.6. The van der Waals surface area contributed by atoms with Crippen molar-refractivity contribution in [3.8, 4) is 11.5 Å². The molecule has 0 aliphatic heterocycles. The minimum atomic E-state index is -0.465. The maximum Gasteiger partial charge on any atom is 0.343 e. The van der Waals surface area contributed by atoms with Gasteiger partial charge in [-0.3, -0.25) is 4.79 Å². The number of nitrogens with one attached hydrogen (secondary N) is 1. The van der Waals surface area contributed by atoms with Crippen LogP contribution in [0.2, 0.25) is 0 Å². The van der Waals surface area contributed by atoms with Crippen LogP contribution in [0, 0.1) is 6.92 Å². The van der Waals surface area contributed by atoms with Gasteiger partial charge in [-0.25, -0.2) is 10.2 Å². The maximum atomic E-state index is 12.6. The number of unbranched alkanes of at least 4 members (excludes halogenated alkanes) is 1. The first kappa shape index (κ1) is 25.2.